The van der Waals surface area contributed by atoms with Crippen LogP contribution >= 0.6 is 11.6 Å². The third-order valence-corrected chi connectivity index (χ3v) is 5.01. The van der Waals surface area contributed by atoms with E-state index >= 15 is 0 Å². The van der Waals surface area contributed by atoms with E-state index < -0.39 is 0 Å². The molecule has 0 aliphatic heterocycles. The topological polar surface area (TPSA) is 75.6 Å². The molecule has 4 rings (SSSR count). The zero-order valence-corrected chi connectivity index (χ0v) is 16.2. The van der Waals surface area contributed by atoms with Gasteiger partial charge in [0.1, 0.15) is 12.7 Å². The van der Waals surface area contributed by atoms with Crippen molar-refractivity contribution in [3.8, 4) is 11.3 Å². The average molecular weight is 394 g/mol. The largest absolute Gasteiger partial charge is 0.354 e. The molecule has 0 aliphatic carbocycles. The molecule has 7 heteroatoms. The molecule has 6 nitrogen and oxygen atoms in total. The Hall–Kier alpha value is -3.12. The fourth-order valence-corrected chi connectivity index (χ4v) is 3.58. The number of halogens is 1. The number of benzene rings is 2. The van der Waals surface area contributed by atoms with E-state index in [2.05, 4.69) is 39.4 Å². The van der Waals surface area contributed by atoms with Gasteiger partial charge in [-0.15, -0.1) is 0 Å². The quantitative estimate of drug-likeness (QED) is 0.518. The van der Waals surface area contributed by atoms with Gasteiger partial charge in [-0.05, 0) is 35.7 Å². The van der Waals surface area contributed by atoms with E-state index in [1.807, 2.05) is 30.3 Å². The molecule has 0 saturated heterocycles. The van der Waals surface area contributed by atoms with Crippen LogP contribution in [0.1, 0.15) is 17.5 Å². The van der Waals surface area contributed by atoms with Crippen molar-refractivity contribution in [2.45, 2.75) is 26.4 Å². The van der Waals surface area contributed by atoms with Crippen LogP contribution in [0.25, 0.3) is 22.2 Å². The minimum atomic E-state index is -0.0461. The van der Waals surface area contributed by atoms with Gasteiger partial charge < -0.3 is 10.3 Å². The second-order valence-electron chi connectivity index (χ2n) is 6.66. The maximum absolute atomic E-state index is 12.2. The first-order valence-corrected chi connectivity index (χ1v) is 9.45. The van der Waals surface area contributed by atoms with Crippen molar-refractivity contribution in [2.75, 3.05) is 0 Å². The summed E-state index contributed by atoms with van der Waals surface area (Å²) in [6.07, 6.45) is 3.39. The lowest BCUT2D eigenvalue weighted by Gasteiger charge is -2.08. The second kappa shape index (κ2) is 7.86. The highest BCUT2D eigenvalue weighted by molar-refractivity contribution is 6.31. The summed E-state index contributed by atoms with van der Waals surface area (Å²) in [6, 6.07) is 14.0. The van der Waals surface area contributed by atoms with Crippen LogP contribution in [0.2, 0.25) is 5.02 Å². The first kappa shape index (κ1) is 18.3. The van der Waals surface area contributed by atoms with Gasteiger partial charge in [0, 0.05) is 29.1 Å². The SMILES string of the molecule is Cc1c(-c2ccccc2)[nH]c2c(CNC(=O)CCn3cncn3)cc(Cl)cc12. The van der Waals surface area contributed by atoms with Crippen LogP contribution in [0.3, 0.4) is 0 Å². The van der Waals surface area contributed by atoms with Crippen molar-refractivity contribution in [1.82, 2.24) is 25.1 Å². The molecule has 0 radical (unpaired) electrons. The number of fused-ring (bicyclic) bond motifs is 1. The Morgan fingerprint density at radius 1 is 1.25 bits per heavy atom. The summed E-state index contributed by atoms with van der Waals surface area (Å²) in [5, 5.41) is 8.70. The Bertz CT molecular complexity index is 1100. The van der Waals surface area contributed by atoms with Crippen LogP contribution in [-0.2, 0) is 17.9 Å². The van der Waals surface area contributed by atoms with Gasteiger partial charge in [0.05, 0.1) is 12.1 Å². The fourth-order valence-electron chi connectivity index (χ4n) is 3.34. The summed E-state index contributed by atoms with van der Waals surface area (Å²) < 4.78 is 1.64. The Balaban J connectivity index is 1.56. The molecule has 2 heterocycles. The van der Waals surface area contributed by atoms with Crippen LogP contribution in [0.15, 0.2) is 55.1 Å². The van der Waals surface area contributed by atoms with Gasteiger partial charge in [-0.3, -0.25) is 9.48 Å². The Morgan fingerprint density at radius 3 is 2.82 bits per heavy atom. The number of carbonyl (C=O) groups is 1. The van der Waals surface area contributed by atoms with Crippen LogP contribution in [-0.4, -0.2) is 25.7 Å². The molecule has 2 aromatic heterocycles. The Morgan fingerprint density at radius 2 is 2.07 bits per heavy atom. The van der Waals surface area contributed by atoms with Crippen molar-refractivity contribution < 1.29 is 4.79 Å². The molecule has 0 unspecified atom stereocenters. The zero-order valence-electron chi connectivity index (χ0n) is 15.4. The molecule has 1 amide bonds. The van der Waals surface area contributed by atoms with Gasteiger partial charge >= 0.3 is 0 Å². The Labute approximate surface area is 167 Å². The maximum Gasteiger partial charge on any atom is 0.222 e. The van der Waals surface area contributed by atoms with Gasteiger partial charge in [-0.2, -0.15) is 5.10 Å². The minimum Gasteiger partial charge on any atom is -0.354 e. The highest BCUT2D eigenvalue weighted by atomic mass is 35.5. The number of aryl methyl sites for hydroxylation is 2. The summed E-state index contributed by atoms with van der Waals surface area (Å²) >= 11 is 6.35. The third kappa shape index (κ3) is 3.77. The van der Waals surface area contributed by atoms with Gasteiger partial charge in [0.2, 0.25) is 5.91 Å². The summed E-state index contributed by atoms with van der Waals surface area (Å²) in [5.41, 5.74) is 5.29. The Kier molecular flexibility index (Phi) is 5.12. The van der Waals surface area contributed by atoms with Crippen molar-refractivity contribution in [3.05, 3.63) is 71.3 Å². The predicted octanol–water partition coefficient (Wildman–Crippen LogP) is 4.09. The lowest BCUT2D eigenvalue weighted by atomic mass is 10.1. The molecule has 142 valence electrons. The number of amides is 1. The molecule has 0 fully saturated rings. The molecule has 0 spiro atoms. The number of H-pyrrole nitrogens is 1. The number of nitrogens with one attached hydrogen (secondary N) is 2. The van der Waals surface area contributed by atoms with E-state index in [-0.39, 0.29) is 5.91 Å². The van der Waals surface area contributed by atoms with Crippen LogP contribution in [0.4, 0.5) is 0 Å². The summed E-state index contributed by atoms with van der Waals surface area (Å²) in [4.78, 5) is 19.6. The van der Waals surface area contributed by atoms with Crippen LogP contribution in [0.5, 0.6) is 0 Å². The molecule has 0 saturated carbocycles. The lowest BCUT2D eigenvalue weighted by molar-refractivity contribution is -0.121. The van der Waals surface area contributed by atoms with Gasteiger partial charge in [0.25, 0.3) is 0 Å². The van der Waals surface area contributed by atoms with E-state index in [1.54, 1.807) is 11.0 Å². The molecule has 28 heavy (non-hydrogen) atoms. The van der Waals surface area contributed by atoms with Gasteiger partial charge in [0.15, 0.2) is 0 Å². The lowest BCUT2D eigenvalue weighted by Crippen LogP contribution is -2.24. The average Bonchev–Trinajstić information content (AvgIpc) is 3.34. The summed E-state index contributed by atoms with van der Waals surface area (Å²) in [7, 11) is 0. The number of rotatable bonds is 6. The van der Waals surface area contributed by atoms with Crippen molar-refractivity contribution >= 4 is 28.4 Å². The number of nitrogens with zero attached hydrogens (tertiary/aromatic N) is 3. The first-order valence-electron chi connectivity index (χ1n) is 9.07. The first-order chi connectivity index (χ1) is 13.6. The van der Waals surface area contributed by atoms with Gasteiger partial charge in [-0.25, -0.2) is 4.98 Å². The number of hydrogen-bond acceptors (Lipinski definition) is 3. The van der Waals surface area contributed by atoms with Crippen LogP contribution in [0, 0.1) is 6.92 Å². The molecule has 2 aromatic carbocycles. The smallest absolute Gasteiger partial charge is 0.222 e. The highest BCUT2D eigenvalue weighted by Gasteiger charge is 2.14. The van der Waals surface area contributed by atoms with Crippen LogP contribution < -0.4 is 5.32 Å². The second-order valence-corrected chi connectivity index (χ2v) is 7.10. The van der Waals surface area contributed by atoms with Crippen molar-refractivity contribution in [2.24, 2.45) is 0 Å². The number of aromatic amines is 1. The molecule has 0 bridgehead atoms. The van der Waals surface area contributed by atoms with E-state index in [0.29, 0.717) is 24.5 Å². The highest BCUT2D eigenvalue weighted by Crippen LogP contribution is 2.33. The molecule has 0 atom stereocenters. The number of aromatic nitrogens is 4. The zero-order chi connectivity index (χ0) is 19.5. The predicted molar refractivity (Wildman–Crippen MR) is 110 cm³/mol. The fraction of sp³-hybridized carbons (Fsp3) is 0.190. The van der Waals surface area contributed by atoms with Crippen molar-refractivity contribution in [3.63, 3.8) is 0 Å². The van der Waals surface area contributed by atoms with E-state index in [1.165, 1.54) is 6.33 Å². The number of carbonyl (C=O) groups excluding carboxylic acids is 1. The van der Waals surface area contributed by atoms with E-state index in [0.717, 1.165) is 33.3 Å². The van der Waals surface area contributed by atoms with E-state index in [4.69, 9.17) is 11.6 Å². The molecule has 2 N–H and O–H groups in total. The normalized spacial score (nSPS) is 11.1. The molecular weight excluding hydrogens is 374 g/mol. The standard InChI is InChI=1S/C21H20ClN5O/c1-14-18-10-17(22)9-16(11-24-19(28)7-8-27-13-23-12-25-27)21(18)26-20(14)15-5-3-2-4-6-15/h2-6,9-10,12-13,26H,7-8,11H2,1H3,(H,24,28). The van der Waals surface area contributed by atoms with Crippen molar-refractivity contribution in [1.29, 1.82) is 0 Å². The summed E-state index contributed by atoms with van der Waals surface area (Å²) in [6.45, 7) is 2.98. The molecular formula is C21H20ClN5O. The minimum absolute atomic E-state index is 0.0461. The third-order valence-electron chi connectivity index (χ3n) is 4.79. The van der Waals surface area contributed by atoms with E-state index in [9.17, 15) is 4.79 Å². The molecule has 0 aliphatic rings. The molecule has 4 aromatic rings. The summed E-state index contributed by atoms with van der Waals surface area (Å²) in [5.74, 6) is -0.0461. The monoisotopic (exact) mass is 393 g/mol. The maximum atomic E-state index is 12.2. The van der Waals surface area contributed by atoms with Gasteiger partial charge in [-0.1, -0.05) is 41.9 Å². The number of hydrogen-bond donors (Lipinski definition) is 2.